The van der Waals surface area contributed by atoms with Crippen LogP contribution >= 0.6 is 11.6 Å². The monoisotopic (exact) mass is 155 g/mol. The van der Waals surface area contributed by atoms with Crippen molar-refractivity contribution in [2.75, 3.05) is 5.73 Å². The molecule has 0 saturated carbocycles. The average Bonchev–Trinajstić information content (AvgIpc) is 1.88. The fourth-order valence-electron chi connectivity index (χ4n) is 0.717. The number of benzene rings is 1. The summed E-state index contributed by atoms with van der Waals surface area (Å²) in [6.07, 6.45) is 0. The fourth-order valence-corrected chi connectivity index (χ4v) is 0.852. The molecule has 0 aliphatic heterocycles. The van der Waals surface area contributed by atoms with Gasteiger partial charge in [0.15, 0.2) is 0 Å². The molecule has 0 aromatic heterocycles. The highest BCUT2D eigenvalue weighted by Crippen LogP contribution is 2.17. The summed E-state index contributed by atoms with van der Waals surface area (Å²) in [6.45, 7) is 0. The molecule has 0 amide bonds. The van der Waals surface area contributed by atoms with Crippen LogP contribution in [0, 0.1) is 0 Å². The molecular formula is C7H8ClN2. The highest BCUT2D eigenvalue weighted by atomic mass is 35.5. The molecule has 1 aromatic carbocycles. The van der Waals surface area contributed by atoms with Crippen LogP contribution in [-0.2, 0) is 0 Å². The number of nitrogens with one attached hydrogen (secondary N) is 1. The van der Waals surface area contributed by atoms with Crippen LogP contribution in [0.15, 0.2) is 24.3 Å². The smallest absolute Gasteiger partial charge is 0.121 e. The summed E-state index contributed by atoms with van der Waals surface area (Å²) in [4.78, 5) is 0. The topological polar surface area (TPSA) is 49.8 Å². The van der Waals surface area contributed by atoms with Crippen molar-refractivity contribution in [3.05, 3.63) is 29.8 Å². The standard InChI is InChI=1S/C7H8ClN2/c8-7(10)5-2-1-3-6(9)4-5/h1-4,7,10H,9H2. The van der Waals surface area contributed by atoms with E-state index in [9.17, 15) is 0 Å². The van der Waals surface area contributed by atoms with E-state index in [0.29, 0.717) is 5.69 Å². The first-order valence-electron chi connectivity index (χ1n) is 2.91. The van der Waals surface area contributed by atoms with Crippen LogP contribution in [0.5, 0.6) is 0 Å². The number of hydrogen-bond acceptors (Lipinski definition) is 1. The van der Waals surface area contributed by atoms with E-state index in [-0.39, 0.29) is 0 Å². The predicted octanol–water partition coefficient (Wildman–Crippen LogP) is 1.79. The number of halogens is 1. The Morgan fingerprint density at radius 3 is 2.60 bits per heavy atom. The molecule has 1 unspecified atom stereocenters. The zero-order valence-electron chi connectivity index (χ0n) is 5.34. The lowest BCUT2D eigenvalue weighted by Crippen LogP contribution is -1.91. The molecule has 1 aromatic rings. The van der Waals surface area contributed by atoms with Gasteiger partial charge in [-0.3, -0.25) is 0 Å². The molecule has 0 bridgehead atoms. The van der Waals surface area contributed by atoms with Gasteiger partial charge in [0.05, 0.1) is 0 Å². The van der Waals surface area contributed by atoms with Crippen molar-refractivity contribution in [3.8, 4) is 0 Å². The summed E-state index contributed by atoms with van der Waals surface area (Å²) >= 11 is 5.49. The number of rotatable bonds is 1. The molecule has 0 aliphatic rings. The number of nitrogens with two attached hydrogens (primary N) is 1. The van der Waals surface area contributed by atoms with E-state index < -0.39 is 5.50 Å². The molecule has 0 fully saturated rings. The zero-order chi connectivity index (χ0) is 7.56. The number of nitrogen functional groups attached to an aromatic ring is 1. The Hall–Kier alpha value is -0.730. The van der Waals surface area contributed by atoms with Gasteiger partial charge in [0.25, 0.3) is 0 Å². The lowest BCUT2D eigenvalue weighted by atomic mass is 10.2. The van der Waals surface area contributed by atoms with Gasteiger partial charge in [-0.25, -0.2) is 5.73 Å². The second kappa shape index (κ2) is 2.90. The molecule has 0 aliphatic carbocycles. The number of hydrogen-bond donors (Lipinski definition) is 1. The van der Waals surface area contributed by atoms with Crippen molar-refractivity contribution in [1.82, 2.24) is 5.73 Å². The third-order valence-electron chi connectivity index (χ3n) is 1.20. The van der Waals surface area contributed by atoms with Gasteiger partial charge < -0.3 is 5.73 Å². The Morgan fingerprint density at radius 1 is 1.50 bits per heavy atom. The molecule has 3 heteroatoms. The molecule has 3 N–H and O–H groups in total. The van der Waals surface area contributed by atoms with E-state index in [1.54, 1.807) is 24.3 Å². The third-order valence-corrected chi connectivity index (χ3v) is 1.46. The molecule has 1 radical (unpaired) electrons. The van der Waals surface area contributed by atoms with Crippen LogP contribution in [0.4, 0.5) is 5.69 Å². The lowest BCUT2D eigenvalue weighted by molar-refractivity contribution is 0.978. The summed E-state index contributed by atoms with van der Waals surface area (Å²) in [5.41, 5.74) is 13.3. The SMILES string of the molecule is [NH]C(Cl)c1cccc(N)c1. The van der Waals surface area contributed by atoms with Gasteiger partial charge >= 0.3 is 0 Å². The summed E-state index contributed by atoms with van der Waals surface area (Å²) in [7, 11) is 0. The Labute approximate surface area is 64.8 Å². The van der Waals surface area contributed by atoms with Gasteiger partial charge in [-0.05, 0) is 17.7 Å². The predicted molar refractivity (Wildman–Crippen MR) is 42.5 cm³/mol. The fraction of sp³-hybridized carbons (Fsp3) is 0.143. The maximum Gasteiger partial charge on any atom is 0.121 e. The summed E-state index contributed by atoms with van der Waals surface area (Å²) in [5, 5.41) is 0. The van der Waals surface area contributed by atoms with E-state index in [1.807, 2.05) is 0 Å². The highest BCUT2D eigenvalue weighted by Gasteiger charge is 1.99. The first-order chi connectivity index (χ1) is 4.70. The second-order valence-corrected chi connectivity index (χ2v) is 2.47. The van der Waals surface area contributed by atoms with Crippen LogP contribution in [-0.4, -0.2) is 0 Å². The first-order valence-corrected chi connectivity index (χ1v) is 3.34. The van der Waals surface area contributed by atoms with Crippen LogP contribution in [0.25, 0.3) is 0 Å². The molecule has 53 valence electrons. The summed E-state index contributed by atoms with van der Waals surface area (Å²) in [5.74, 6) is 0. The Kier molecular flexibility index (Phi) is 2.14. The lowest BCUT2D eigenvalue weighted by Gasteiger charge is -2.01. The molecule has 1 atom stereocenters. The van der Waals surface area contributed by atoms with Crippen LogP contribution in [0.3, 0.4) is 0 Å². The average molecular weight is 156 g/mol. The molecule has 0 saturated heterocycles. The number of alkyl halides is 1. The van der Waals surface area contributed by atoms with Crippen molar-refractivity contribution in [1.29, 1.82) is 0 Å². The van der Waals surface area contributed by atoms with Gasteiger partial charge in [-0.15, -0.1) is 0 Å². The Balaban J connectivity index is 2.96. The van der Waals surface area contributed by atoms with Crippen molar-refractivity contribution >= 4 is 17.3 Å². The van der Waals surface area contributed by atoms with E-state index in [2.05, 4.69) is 0 Å². The molecule has 10 heavy (non-hydrogen) atoms. The maximum atomic E-state index is 7.13. The Morgan fingerprint density at radius 2 is 2.20 bits per heavy atom. The van der Waals surface area contributed by atoms with Gasteiger partial charge in [-0.1, -0.05) is 23.7 Å². The summed E-state index contributed by atoms with van der Waals surface area (Å²) < 4.78 is 0. The maximum absolute atomic E-state index is 7.13. The van der Waals surface area contributed by atoms with Crippen LogP contribution in [0.2, 0.25) is 0 Å². The Bertz CT molecular complexity index is 223. The second-order valence-electron chi connectivity index (χ2n) is 2.03. The summed E-state index contributed by atoms with van der Waals surface area (Å²) in [6, 6.07) is 7.03. The first kappa shape index (κ1) is 7.38. The van der Waals surface area contributed by atoms with E-state index >= 15 is 0 Å². The van der Waals surface area contributed by atoms with Gasteiger partial charge in [0, 0.05) is 5.69 Å². The van der Waals surface area contributed by atoms with Crippen LogP contribution in [0.1, 0.15) is 11.1 Å². The third kappa shape index (κ3) is 1.62. The molecule has 0 spiro atoms. The van der Waals surface area contributed by atoms with Gasteiger partial charge in [0.1, 0.15) is 5.50 Å². The largest absolute Gasteiger partial charge is 0.399 e. The quantitative estimate of drug-likeness (QED) is 0.375. The van der Waals surface area contributed by atoms with E-state index in [0.717, 1.165) is 5.56 Å². The van der Waals surface area contributed by atoms with Crippen molar-refractivity contribution < 1.29 is 0 Å². The van der Waals surface area contributed by atoms with Crippen molar-refractivity contribution in [3.63, 3.8) is 0 Å². The molecule has 1 rings (SSSR count). The number of anilines is 1. The normalized spacial score (nSPS) is 13.0. The van der Waals surface area contributed by atoms with Gasteiger partial charge in [-0.2, -0.15) is 0 Å². The highest BCUT2D eigenvalue weighted by molar-refractivity contribution is 6.20. The molecule has 2 nitrogen and oxygen atoms in total. The van der Waals surface area contributed by atoms with Gasteiger partial charge in [0.2, 0.25) is 0 Å². The van der Waals surface area contributed by atoms with Crippen LogP contribution < -0.4 is 11.5 Å². The minimum Gasteiger partial charge on any atom is -0.399 e. The minimum absolute atomic E-state index is 0.649. The van der Waals surface area contributed by atoms with Crippen molar-refractivity contribution in [2.45, 2.75) is 5.50 Å². The zero-order valence-corrected chi connectivity index (χ0v) is 6.10. The van der Waals surface area contributed by atoms with E-state index in [4.69, 9.17) is 23.1 Å². The minimum atomic E-state index is -0.705. The van der Waals surface area contributed by atoms with Crippen molar-refractivity contribution in [2.24, 2.45) is 0 Å². The van der Waals surface area contributed by atoms with E-state index in [1.165, 1.54) is 0 Å². The molecular weight excluding hydrogens is 148 g/mol. The molecule has 0 heterocycles.